The fraction of sp³-hybridized carbons (Fsp3) is 0.900. The SMILES string of the molecule is CC1(NC(=O)OC(C)(C)C)CC(Br)C1. The van der Waals surface area contributed by atoms with Crippen LogP contribution in [-0.2, 0) is 4.74 Å². The molecular formula is C10H18BrNO2. The van der Waals surface area contributed by atoms with E-state index in [1.165, 1.54) is 0 Å². The van der Waals surface area contributed by atoms with Gasteiger partial charge in [0, 0.05) is 10.4 Å². The largest absolute Gasteiger partial charge is 0.444 e. The molecule has 1 saturated carbocycles. The number of hydrogen-bond donors (Lipinski definition) is 1. The number of halogens is 1. The minimum atomic E-state index is -0.419. The van der Waals surface area contributed by atoms with Crippen molar-refractivity contribution < 1.29 is 9.53 Å². The Hall–Kier alpha value is -0.250. The van der Waals surface area contributed by atoms with Crippen molar-refractivity contribution in [2.45, 2.75) is 56.5 Å². The molecular weight excluding hydrogens is 246 g/mol. The van der Waals surface area contributed by atoms with Gasteiger partial charge in [-0.1, -0.05) is 15.9 Å². The Kier molecular flexibility index (Phi) is 3.14. The number of carbonyl (C=O) groups is 1. The van der Waals surface area contributed by atoms with Gasteiger partial charge in [-0.05, 0) is 40.5 Å². The molecule has 0 heterocycles. The average molecular weight is 264 g/mol. The number of hydrogen-bond acceptors (Lipinski definition) is 2. The lowest BCUT2D eigenvalue weighted by atomic mass is 9.78. The molecule has 1 aliphatic rings. The van der Waals surface area contributed by atoms with E-state index in [-0.39, 0.29) is 11.6 Å². The number of nitrogens with one attached hydrogen (secondary N) is 1. The Labute approximate surface area is 93.7 Å². The summed E-state index contributed by atoms with van der Waals surface area (Å²) in [5, 5.41) is 2.89. The molecule has 0 aromatic rings. The van der Waals surface area contributed by atoms with Gasteiger partial charge in [0.25, 0.3) is 0 Å². The monoisotopic (exact) mass is 263 g/mol. The molecule has 0 atom stereocenters. The molecule has 0 saturated heterocycles. The minimum Gasteiger partial charge on any atom is -0.444 e. The number of alkyl halides is 1. The molecule has 1 aliphatic carbocycles. The van der Waals surface area contributed by atoms with E-state index in [0.717, 1.165) is 12.8 Å². The molecule has 1 fully saturated rings. The average Bonchev–Trinajstić information content (AvgIpc) is 1.76. The first-order chi connectivity index (χ1) is 6.20. The molecule has 0 spiro atoms. The van der Waals surface area contributed by atoms with Crippen molar-refractivity contribution >= 4 is 22.0 Å². The summed E-state index contributed by atoms with van der Waals surface area (Å²) < 4.78 is 5.18. The molecule has 82 valence electrons. The van der Waals surface area contributed by atoms with Crippen molar-refractivity contribution in [2.75, 3.05) is 0 Å². The van der Waals surface area contributed by atoms with Crippen molar-refractivity contribution in [3.05, 3.63) is 0 Å². The van der Waals surface area contributed by atoms with Crippen LogP contribution in [0.5, 0.6) is 0 Å². The second-order valence-corrected chi connectivity index (χ2v) is 6.49. The van der Waals surface area contributed by atoms with Gasteiger partial charge in [-0.15, -0.1) is 0 Å². The normalized spacial score (nSPS) is 31.9. The summed E-state index contributed by atoms with van der Waals surface area (Å²) in [6.45, 7) is 7.63. The van der Waals surface area contributed by atoms with Gasteiger partial charge in [-0.2, -0.15) is 0 Å². The smallest absolute Gasteiger partial charge is 0.408 e. The van der Waals surface area contributed by atoms with Crippen molar-refractivity contribution in [3.8, 4) is 0 Å². The van der Waals surface area contributed by atoms with Crippen molar-refractivity contribution in [2.24, 2.45) is 0 Å². The lowest BCUT2D eigenvalue weighted by Crippen LogP contribution is -2.56. The topological polar surface area (TPSA) is 38.3 Å². The van der Waals surface area contributed by atoms with Crippen LogP contribution in [0.2, 0.25) is 0 Å². The van der Waals surface area contributed by atoms with E-state index in [2.05, 4.69) is 21.2 Å². The zero-order chi connectivity index (χ0) is 11.0. The predicted octanol–water partition coefficient (Wildman–Crippen LogP) is 2.83. The van der Waals surface area contributed by atoms with Gasteiger partial charge in [0.2, 0.25) is 0 Å². The lowest BCUT2D eigenvalue weighted by Gasteiger charge is -2.43. The molecule has 0 aliphatic heterocycles. The molecule has 0 radical (unpaired) electrons. The molecule has 3 nitrogen and oxygen atoms in total. The maximum absolute atomic E-state index is 11.4. The predicted molar refractivity (Wildman–Crippen MR) is 59.7 cm³/mol. The second-order valence-electron chi connectivity index (χ2n) is 5.19. The van der Waals surface area contributed by atoms with E-state index in [0.29, 0.717) is 4.83 Å². The maximum atomic E-state index is 11.4. The van der Waals surface area contributed by atoms with Crippen molar-refractivity contribution in [1.29, 1.82) is 0 Å². The fourth-order valence-corrected chi connectivity index (χ4v) is 3.00. The van der Waals surface area contributed by atoms with Crippen LogP contribution in [0.15, 0.2) is 0 Å². The third kappa shape index (κ3) is 3.48. The molecule has 14 heavy (non-hydrogen) atoms. The third-order valence-electron chi connectivity index (χ3n) is 2.15. The molecule has 0 unspecified atom stereocenters. The van der Waals surface area contributed by atoms with E-state index in [1.807, 2.05) is 27.7 Å². The van der Waals surface area contributed by atoms with Gasteiger partial charge in [0.1, 0.15) is 5.60 Å². The first-order valence-electron chi connectivity index (χ1n) is 4.85. The zero-order valence-electron chi connectivity index (χ0n) is 9.19. The van der Waals surface area contributed by atoms with Crippen molar-refractivity contribution in [3.63, 3.8) is 0 Å². The Balaban J connectivity index is 2.35. The maximum Gasteiger partial charge on any atom is 0.408 e. The van der Waals surface area contributed by atoms with Crippen LogP contribution >= 0.6 is 15.9 Å². The Morgan fingerprint density at radius 1 is 1.50 bits per heavy atom. The Morgan fingerprint density at radius 2 is 2.00 bits per heavy atom. The summed E-state index contributed by atoms with van der Waals surface area (Å²) in [4.78, 5) is 12.0. The van der Waals surface area contributed by atoms with E-state index in [9.17, 15) is 4.79 Å². The highest BCUT2D eigenvalue weighted by molar-refractivity contribution is 9.09. The van der Waals surface area contributed by atoms with Crippen LogP contribution < -0.4 is 5.32 Å². The molecule has 4 heteroatoms. The van der Waals surface area contributed by atoms with Gasteiger partial charge < -0.3 is 10.1 Å². The summed E-state index contributed by atoms with van der Waals surface area (Å²) in [5.41, 5.74) is -0.505. The number of alkyl carbamates (subject to hydrolysis) is 1. The van der Waals surface area contributed by atoms with Gasteiger partial charge in [-0.25, -0.2) is 4.79 Å². The highest BCUT2D eigenvalue weighted by Crippen LogP contribution is 2.37. The van der Waals surface area contributed by atoms with Gasteiger partial charge in [0.05, 0.1) is 0 Å². The minimum absolute atomic E-state index is 0.0868. The van der Waals surface area contributed by atoms with Crippen LogP contribution in [0.3, 0.4) is 0 Å². The van der Waals surface area contributed by atoms with E-state index in [4.69, 9.17) is 4.74 Å². The van der Waals surface area contributed by atoms with Gasteiger partial charge >= 0.3 is 6.09 Å². The molecule has 1 rings (SSSR count). The van der Waals surface area contributed by atoms with Gasteiger partial charge in [-0.3, -0.25) is 0 Å². The first-order valence-corrected chi connectivity index (χ1v) is 5.77. The highest BCUT2D eigenvalue weighted by atomic mass is 79.9. The zero-order valence-corrected chi connectivity index (χ0v) is 10.8. The van der Waals surface area contributed by atoms with E-state index in [1.54, 1.807) is 0 Å². The number of rotatable bonds is 1. The van der Waals surface area contributed by atoms with Crippen LogP contribution in [0.25, 0.3) is 0 Å². The molecule has 0 aromatic carbocycles. The number of ether oxygens (including phenoxy) is 1. The number of carbonyl (C=O) groups excluding carboxylic acids is 1. The van der Waals surface area contributed by atoms with E-state index < -0.39 is 5.60 Å². The van der Waals surface area contributed by atoms with Crippen molar-refractivity contribution in [1.82, 2.24) is 5.32 Å². The fourth-order valence-electron chi connectivity index (χ4n) is 1.57. The van der Waals surface area contributed by atoms with Crippen LogP contribution in [-0.4, -0.2) is 22.1 Å². The standard InChI is InChI=1S/C10H18BrNO2/c1-9(2,3)14-8(13)12-10(4)5-7(11)6-10/h7H,5-6H2,1-4H3,(H,12,13). The van der Waals surface area contributed by atoms with Crippen LogP contribution in [0.4, 0.5) is 4.79 Å². The Bertz CT molecular complexity index is 229. The summed E-state index contributed by atoms with van der Waals surface area (Å²) in [6.07, 6.45) is 1.61. The summed E-state index contributed by atoms with van der Waals surface area (Å²) in [5.74, 6) is 0. The molecule has 1 amide bonds. The van der Waals surface area contributed by atoms with Gasteiger partial charge in [0.15, 0.2) is 0 Å². The second kappa shape index (κ2) is 3.72. The number of amides is 1. The Morgan fingerprint density at radius 3 is 2.36 bits per heavy atom. The molecule has 0 aromatic heterocycles. The van der Waals surface area contributed by atoms with Crippen LogP contribution in [0.1, 0.15) is 40.5 Å². The molecule has 0 bridgehead atoms. The summed E-state index contributed by atoms with van der Waals surface area (Å²) in [7, 11) is 0. The first kappa shape index (κ1) is 11.8. The van der Waals surface area contributed by atoms with Crippen LogP contribution in [0, 0.1) is 0 Å². The third-order valence-corrected chi connectivity index (χ3v) is 2.79. The highest BCUT2D eigenvalue weighted by Gasteiger charge is 2.40. The molecule has 1 N–H and O–H groups in total. The van der Waals surface area contributed by atoms with E-state index >= 15 is 0 Å². The quantitative estimate of drug-likeness (QED) is 0.739. The summed E-state index contributed by atoms with van der Waals surface area (Å²) >= 11 is 3.49. The summed E-state index contributed by atoms with van der Waals surface area (Å²) in [6, 6.07) is 0. The lowest BCUT2D eigenvalue weighted by molar-refractivity contribution is 0.0413.